The molecule has 0 unspecified atom stereocenters. The van der Waals surface area contributed by atoms with Gasteiger partial charge in [0.05, 0.1) is 5.71 Å². The van der Waals surface area contributed by atoms with Crippen molar-refractivity contribution in [3.63, 3.8) is 0 Å². The van der Waals surface area contributed by atoms with Gasteiger partial charge in [-0.15, -0.1) is 0 Å². The van der Waals surface area contributed by atoms with E-state index in [1.54, 1.807) is 18.5 Å². The number of hydrogen-bond donors (Lipinski definition) is 2. The summed E-state index contributed by atoms with van der Waals surface area (Å²) >= 11 is 0. The monoisotopic (exact) mass is 240 g/mol. The first kappa shape index (κ1) is 11.8. The fourth-order valence-electron chi connectivity index (χ4n) is 1.51. The van der Waals surface area contributed by atoms with Crippen molar-refractivity contribution in [3.05, 3.63) is 66.0 Å². The summed E-state index contributed by atoms with van der Waals surface area (Å²) in [5.74, 6) is 0. The molecule has 5 heteroatoms. The molecule has 1 aromatic carbocycles. The molecule has 1 aromatic heterocycles. The van der Waals surface area contributed by atoms with Crippen molar-refractivity contribution < 1.29 is 4.79 Å². The van der Waals surface area contributed by atoms with E-state index in [1.165, 1.54) is 0 Å². The SMILES string of the molecule is NC(=O)N/N=C(/c1ccccc1)c1cccnc1. The minimum Gasteiger partial charge on any atom is -0.350 e. The molecular weight excluding hydrogens is 228 g/mol. The van der Waals surface area contributed by atoms with Crippen LogP contribution >= 0.6 is 0 Å². The van der Waals surface area contributed by atoms with E-state index < -0.39 is 6.03 Å². The van der Waals surface area contributed by atoms with Crippen LogP contribution in [0.15, 0.2) is 60.0 Å². The lowest BCUT2D eigenvalue weighted by atomic mass is 10.0. The third kappa shape index (κ3) is 2.91. The molecule has 0 fully saturated rings. The summed E-state index contributed by atoms with van der Waals surface area (Å²) in [6.07, 6.45) is 3.35. The molecule has 2 aromatic rings. The molecule has 0 bridgehead atoms. The van der Waals surface area contributed by atoms with Gasteiger partial charge in [0, 0.05) is 23.5 Å². The predicted octanol–water partition coefficient (Wildman–Crippen LogP) is 1.50. The van der Waals surface area contributed by atoms with Crippen molar-refractivity contribution >= 4 is 11.7 Å². The van der Waals surface area contributed by atoms with Gasteiger partial charge in [-0.1, -0.05) is 30.3 Å². The zero-order chi connectivity index (χ0) is 12.8. The fourth-order valence-corrected chi connectivity index (χ4v) is 1.51. The number of pyridine rings is 1. The first-order chi connectivity index (χ1) is 8.77. The summed E-state index contributed by atoms with van der Waals surface area (Å²) < 4.78 is 0. The van der Waals surface area contributed by atoms with E-state index >= 15 is 0 Å². The number of hydrogen-bond acceptors (Lipinski definition) is 3. The zero-order valence-corrected chi connectivity index (χ0v) is 9.58. The quantitative estimate of drug-likeness (QED) is 0.629. The van der Waals surface area contributed by atoms with Crippen molar-refractivity contribution in [2.24, 2.45) is 10.8 Å². The number of nitrogens with one attached hydrogen (secondary N) is 1. The number of amides is 2. The Balaban J connectivity index is 2.42. The highest BCUT2D eigenvalue weighted by Crippen LogP contribution is 2.09. The predicted molar refractivity (Wildman–Crippen MR) is 69.0 cm³/mol. The van der Waals surface area contributed by atoms with E-state index in [2.05, 4.69) is 15.5 Å². The molecule has 0 atom stereocenters. The van der Waals surface area contributed by atoms with Crippen molar-refractivity contribution in [1.82, 2.24) is 10.4 Å². The minimum absolute atomic E-state index is 0.613. The van der Waals surface area contributed by atoms with Crippen LogP contribution in [-0.2, 0) is 0 Å². The van der Waals surface area contributed by atoms with Gasteiger partial charge in [0.2, 0.25) is 0 Å². The molecule has 5 nitrogen and oxygen atoms in total. The number of primary amides is 1. The van der Waals surface area contributed by atoms with Gasteiger partial charge in [-0.25, -0.2) is 10.2 Å². The number of carbonyl (C=O) groups excluding carboxylic acids is 1. The second-order valence-electron chi connectivity index (χ2n) is 3.54. The molecule has 3 N–H and O–H groups in total. The summed E-state index contributed by atoms with van der Waals surface area (Å²) in [4.78, 5) is 14.8. The van der Waals surface area contributed by atoms with Gasteiger partial charge in [-0.2, -0.15) is 5.10 Å². The van der Waals surface area contributed by atoms with E-state index in [0.29, 0.717) is 5.71 Å². The van der Waals surface area contributed by atoms with Crippen LogP contribution in [0, 0.1) is 0 Å². The topological polar surface area (TPSA) is 80.4 Å². The van der Waals surface area contributed by atoms with E-state index in [0.717, 1.165) is 11.1 Å². The fraction of sp³-hybridized carbons (Fsp3) is 0. The van der Waals surface area contributed by atoms with E-state index in [-0.39, 0.29) is 0 Å². The van der Waals surface area contributed by atoms with Crippen LogP contribution in [-0.4, -0.2) is 16.7 Å². The van der Waals surface area contributed by atoms with Crippen LogP contribution in [0.5, 0.6) is 0 Å². The van der Waals surface area contributed by atoms with Crippen LogP contribution in [0.3, 0.4) is 0 Å². The van der Waals surface area contributed by atoms with Gasteiger partial charge in [-0.05, 0) is 12.1 Å². The molecule has 0 saturated heterocycles. The third-order valence-corrected chi connectivity index (χ3v) is 2.26. The number of carbonyl (C=O) groups is 1. The van der Waals surface area contributed by atoms with Crippen LogP contribution < -0.4 is 11.2 Å². The number of rotatable bonds is 3. The van der Waals surface area contributed by atoms with Crippen molar-refractivity contribution in [2.75, 3.05) is 0 Å². The maximum absolute atomic E-state index is 10.8. The second-order valence-corrected chi connectivity index (χ2v) is 3.54. The van der Waals surface area contributed by atoms with Crippen molar-refractivity contribution in [1.29, 1.82) is 0 Å². The zero-order valence-electron chi connectivity index (χ0n) is 9.58. The smallest absolute Gasteiger partial charge is 0.332 e. The van der Waals surface area contributed by atoms with E-state index in [4.69, 9.17) is 5.73 Å². The first-order valence-corrected chi connectivity index (χ1v) is 5.36. The number of urea groups is 1. The lowest BCUT2D eigenvalue weighted by molar-refractivity contribution is 0.249. The maximum Gasteiger partial charge on any atom is 0.332 e. The average molecular weight is 240 g/mol. The summed E-state index contributed by atoms with van der Waals surface area (Å²) in [5, 5.41) is 4.02. The molecule has 18 heavy (non-hydrogen) atoms. The Morgan fingerprint density at radius 3 is 2.44 bits per heavy atom. The van der Waals surface area contributed by atoms with Crippen molar-refractivity contribution in [3.8, 4) is 0 Å². The molecule has 90 valence electrons. The van der Waals surface area contributed by atoms with E-state index in [1.807, 2.05) is 36.4 Å². The van der Waals surface area contributed by atoms with Crippen LogP contribution in [0.25, 0.3) is 0 Å². The standard InChI is InChI=1S/C13H12N4O/c14-13(18)17-16-12(10-5-2-1-3-6-10)11-7-4-8-15-9-11/h1-9H,(H3,14,17,18)/b16-12-. The molecule has 0 radical (unpaired) electrons. The van der Waals surface area contributed by atoms with Crippen LogP contribution in [0.4, 0.5) is 4.79 Å². The molecule has 0 aliphatic heterocycles. The molecule has 0 aliphatic rings. The summed E-state index contributed by atoms with van der Waals surface area (Å²) in [6.45, 7) is 0. The third-order valence-electron chi connectivity index (χ3n) is 2.26. The summed E-state index contributed by atoms with van der Waals surface area (Å²) in [7, 11) is 0. The Hall–Kier alpha value is -2.69. The maximum atomic E-state index is 10.8. The van der Waals surface area contributed by atoms with Crippen LogP contribution in [0.1, 0.15) is 11.1 Å². The highest BCUT2D eigenvalue weighted by Gasteiger charge is 2.06. The first-order valence-electron chi connectivity index (χ1n) is 5.36. The molecular formula is C13H12N4O. The molecule has 2 amide bonds. The highest BCUT2D eigenvalue weighted by molar-refractivity contribution is 6.12. The van der Waals surface area contributed by atoms with Crippen molar-refractivity contribution in [2.45, 2.75) is 0 Å². The van der Waals surface area contributed by atoms with E-state index in [9.17, 15) is 4.79 Å². The summed E-state index contributed by atoms with van der Waals surface area (Å²) in [6, 6.07) is 12.5. The Morgan fingerprint density at radius 2 is 1.83 bits per heavy atom. The largest absolute Gasteiger partial charge is 0.350 e. The van der Waals surface area contributed by atoms with Crippen LogP contribution in [0.2, 0.25) is 0 Å². The Bertz CT molecular complexity index is 510. The normalized spacial score (nSPS) is 11.0. The lowest BCUT2D eigenvalue weighted by Crippen LogP contribution is -2.26. The summed E-state index contributed by atoms with van der Waals surface area (Å²) in [5.41, 5.74) is 9.56. The number of nitrogens with two attached hydrogens (primary N) is 1. The number of nitrogens with zero attached hydrogens (tertiary/aromatic N) is 2. The average Bonchev–Trinajstić information content (AvgIpc) is 2.41. The van der Waals surface area contributed by atoms with Gasteiger partial charge in [-0.3, -0.25) is 4.98 Å². The minimum atomic E-state index is -0.702. The van der Waals surface area contributed by atoms with Gasteiger partial charge in [0.15, 0.2) is 0 Å². The number of hydrazone groups is 1. The van der Waals surface area contributed by atoms with Gasteiger partial charge in [0.1, 0.15) is 0 Å². The Labute approximate surface area is 104 Å². The molecule has 2 rings (SSSR count). The molecule has 0 spiro atoms. The highest BCUT2D eigenvalue weighted by atomic mass is 16.2. The molecule has 1 heterocycles. The molecule has 0 aliphatic carbocycles. The number of benzene rings is 1. The molecule has 0 saturated carbocycles. The van der Waals surface area contributed by atoms with Gasteiger partial charge >= 0.3 is 6.03 Å². The number of aromatic nitrogens is 1. The van der Waals surface area contributed by atoms with Gasteiger partial charge in [0.25, 0.3) is 0 Å². The second kappa shape index (κ2) is 5.58. The lowest BCUT2D eigenvalue weighted by Gasteiger charge is -2.06. The Morgan fingerprint density at radius 1 is 1.11 bits per heavy atom. The Kier molecular flexibility index (Phi) is 3.66. The van der Waals surface area contributed by atoms with Gasteiger partial charge < -0.3 is 5.73 Å².